The number of ether oxygens (including phenoxy) is 2. The van der Waals surface area contributed by atoms with Crippen molar-refractivity contribution in [3.05, 3.63) is 118 Å². The second kappa shape index (κ2) is 51.9. The van der Waals surface area contributed by atoms with Crippen LogP contribution in [0.2, 0.25) is 0 Å². The van der Waals surface area contributed by atoms with E-state index in [-0.39, 0.29) is 70.3 Å². The molecule has 6 aliphatic rings. The van der Waals surface area contributed by atoms with Gasteiger partial charge in [0, 0.05) is 34.2 Å². The fourth-order valence-electron chi connectivity index (χ4n) is 10.9. The minimum absolute atomic E-state index is 0. The zero-order valence-corrected chi connectivity index (χ0v) is 46.5. The molecule has 0 N–H and O–H groups in total. The van der Waals surface area contributed by atoms with Crippen molar-refractivity contribution >= 4 is 40.7 Å². The molecule has 0 amide bonds. The Morgan fingerprint density at radius 3 is 1.18 bits per heavy atom. The maximum absolute atomic E-state index is 7.75. The molecule has 0 aromatic heterocycles. The molecule has 71 heavy (non-hydrogen) atoms. The van der Waals surface area contributed by atoms with Gasteiger partial charge in [0.1, 0.15) is 0 Å². The number of hydrogen-bond acceptors (Lipinski definition) is 10. The molecule has 2 aliphatic heterocycles. The van der Waals surface area contributed by atoms with Crippen LogP contribution in [0.15, 0.2) is 85.0 Å². The van der Waals surface area contributed by atoms with Crippen LogP contribution in [0.25, 0.3) is 0 Å². The summed E-state index contributed by atoms with van der Waals surface area (Å²) in [5, 5.41) is 0. The number of nitrogens with zero attached hydrogens (tertiary/aromatic N) is 2. The molecule has 2 heterocycles. The van der Waals surface area contributed by atoms with Gasteiger partial charge >= 0.3 is 17.1 Å². The van der Waals surface area contributed by atoms with Gasteiger partial charge in [-0.1, -0.05) is 162 Å². The number of likely N-dealkylation sites (tertiary alicyclic amines) is 2. The van der Waals surface area contributed by atoms with Crippen LogP contribution in [0.4, 0.5) is 0 Å². The molecule has 3 atom stereocenters. The summed E-state index contributed by atoms with van der Waals surface area (Å²) >= 11 is 0. The van der Waals surface area contributed by atoms with Gasteiger partial charge in [-0.05, 0) is 120 Å². The molecular weight excluding hydrogens is 1020 g/mol. The molecule has 402 valence electrons. The molecule has 3 saturated carbocycles. The number of rotatable bonds is 14. The van der Waals surface area contributed by atoms with Crippen molar-refractivity contribution in [2.45, 2.75) is 159 Å². The van der Waals surface area contributed by atoms with Crippen LogP contribution in [-0.4, -0.2) is 103 Å². The Bertz CT molecular complexity index is 1460. The predicted octanol–water partition coefficient (Wildman–Crippen LogP) is 11.8. The average molecular weight is 1110 g/mol. The van der Waals surface area contributed by atoms with Crippen molar-refractivity contribution in [3.63, 3.8) is 0 Å². The molecule has 2 aromatic rings. The van der Waals surface area contributed by atoms with Crippen LogP contribution in [0.5, 0.6) is 0 Å². The zero-order chi connectivity index (χ0) is 49.9. The summed E-state index contributed by atoms with van der Waals surface area (Å²) in [5.41, 5.74) is 2.49. The molecule has 3 unspecified atom stereocenters. The van der Waals surface area contributed by atoms with Crippen molar-refractivity contribution in [3.8, 4) is 0 Å². The van der Waals surface area contributed by atoms with E-state index < -0.39 is 0 Å². The molecule has 4 aliphatic carbocycles. The minimum Gasteiger partial charge on any atom is -0.545 e. The first-order valence-electron chi connectivity index (χ1n) is 24.6. The summed E-state index contributed by atoms with van der Waals surface area (Å²) < 4.78 is 13.6. The summed E-state index contributed by atoms with van der Waals surface area (Å²) in [5.74, 6) is 1.28. The van der Waals surface area contributed by atoms with Gasteiger partial charge in [0.2, 0.25) is 0 Å². The van der Waals surface area contributed by atoms with E-state index in [0.29, 0.717) is 18.4 Å². The van der Waals surface area contributed by atoms with Crippen LogP contribution in [0.1, 0.15) is 152 Å². The number of carbonyl (C=O) groups excluding carboxylic acids is 6. The van der Waals surface area contributed by atoms with Gasteiger partial charge in [-0.15, -0.1) is 0 Å². The molecule has 12 heteroatoms. The van der Waals surface area contributed by atoms with Gasteiger partial charge in [-0.25, -0.2) is 0 Å². The van der Waals surface area contributed by atoms with Crippen molar-refractivity contribution in [1.82, 2.24) is 9.80 Å². The van der Waals surface area contributed by atoms with E-state index in [4.69, 9.17) is 38.2 Å². The van der Waals surface area contributed by atoms with E-state index in [1.54, 1.807) is 0 Å². The molecular formula is C59H89FeMoN2O8-5. The number of benzene rings is 2. The summed E-state index contributed by atoms with van der Waals surface area (Å²) in [4.78, 5) is 51.8. The fourth-order valence-corrected chi connectivity index (χ4v) is 10.9. The maximum atomic E-state index is 7.75. The van der Waals surface area contributed by atoms with Gasteiger partial charge in [0.25, 0.3) is 0 Å². The van der Waals surface area contributed by atoms with Crippen LogP contribution >= 0.6 is 0 Å². The third-order valence-electron chi connectivity index (χ3n) is 14.0. The molecule has 0 spiro atoms. The molecule has 5 fully saturated rings. The second-order valence-corrected chi connectivity index (χ2v) is 17.6. The molecule has 2 aromatic carbocycles. The van der Waals surface area contributed by atoms with Crippen molar-refractivity contribution in [2.24, 2.45) is 11.8 Å². The van der Waals surface area contributed by atoms with Gasteiger partial charge in [-0.2, -0.15) is 0 Å². The van der Waals surface area contributed by atoms with Gasteiger partial charge in [0.05, 0.1) is 17.3 Å². The monoisotopic (exact) mass is 1110 g/mol. The van der Waals surface area contributed by atoms with Gasteiger partial charge < -0.3 is 69.8 Å². The van der Waals surface area contributed by atoms with Crippen molar-refractivity contribution in [1.29, 1.82) is 0 Å². The second-order valence-electron chi connectivity index (χ2n) is 17.6. The predicted molar refractivity (Wildman–Crippen MR) is 285 cm³/mol. The third kappa shape index (κ3) is 27.7. The Hall–Kier alpha value is -3.01. The fraction of sp³-hybridized carbons (Fsp3) is 0.576. The van der Waals surface area contributed by atoms with Gasteiger partial charge in [0.15, 0.2) is 0 Å². The van der Waals surface area contributed by atoms with E-state index in [1.807, 2.05) is 0 Å². The quantitative estimate of drug-likeness (QED) is 0.102. The molecule has 2 saturated heterocycles. The number of allylic oxidation sites excluding steroid dienone is 2. The molecule has 10 nitrogen and oxygen atoms in total. The SMILES string of the molecule is C1=CCC(OC(CCN2CCCC2)(c2ccccc2)C2CCCCC2)C=C1.C1CCCC1.[CH-]=O.[CH-]=O.[CH-]=O.[CH-]=O.[CH-]=O.[CH-]=O.[CH2-]COC(CCN1CCCC1)(c1ccccc1)C1CCCCC1.[CH3-].[CH3-].[Fe+4].[Mo]. The maximum Gasteiger partial charge on any atom is 4.00 e. The summed E-state index contributed by atoms with van der Waals surface area (Å²) in [6.45, 7) is 31.5. The standard InChI is InChI=1S/C25H35NO.C21H32NO.C5H10.6CHO.2CH3.Fe.Mo/c1-4-12-22(13-5-1)25(23-14-6-2-7-15-23,18-21-26-19-10-11-20-26)27-24-16-8-3-9-17-24;1-2-23-21(19-11-5-3-6-12-19,20-13-7-4-8-14-20)15-18-22-16-9-10-17-22;1-2-4-5-3-1;6*1-2;;;;/h1,3-5,8-9,12-13,16,23-24H,2,6-7,10-11,14-15,17-21H2;3,5-6,11-12,20H,1-2,4,7-10,13-18H2;1-5H2;6*1H;2*1H3;;/q;-1;;8*-1;+4;. The largest absolute Gasteiger partial charge is 4.00 e. The first kappa shape index (κ1) is 76.9. The molecule has 0 bridgehead atoms. The number of hydrogen-bond donors (Lipinski definition) is 0. The van der Waals surface area contributed by atoms with Crippen LogP contribution in [0.3, 0.4) is 0 Å². The summed E-state index contributed by atoms with van der Waals surface area (Å²) in [7, 11) is 0. The van der Waals surface area contributed by atoms with E-state index in [9.17, 15) is 0 Å². The first-order chi connectivity index (χ1) is 33.2. The van der Waals surface area contributed by atoms with Crippen molar-refractivity contribution < 1.29 is 76.4 Å². The Labute approximate surface area is 458 Å². The van der Waals surface area contributed by atoms with Crippen LogP contribution in [-0.2, 0) is 87.6 Å². The first-order valence-corrected chi connectivity index (χ1v) is 24.6. The van der Waals surface area contributed by atoms with Gasteiger partial charge in [-0.3, -0.25) is 40.7 Å². The topological polar surface area (TPSA) is 127 Å². The van der Waals surface area contributed by atoms with E-state index >= 15 is 0 Å². The van der Waals surface area contributed by atoms with E-state index in [0.717, 1.165) is 32.4 Å². The Balaban J connectivity index is -0.000000300. The summed E-state index contributed by atoms with van der Waals surface area (Å²) in [6, 6.07) is 22.2. The van der Waals surface area contributed by atoms with E-state index in [2.05, 4.69) is 142 Å². The Morgan fingerprint density at radius 2 is 0.831 bits per heavy atom. The Morgan fingerprint density at radius 1 is 0.493 bits per heavy atom. The van der Waals surface area contributed by atoms with E-state index in [1.165, 1.54) is 159 Å². The third-order valence-corrected chi connectivity index (χ3v) is 14.0. The van der Waals surface area contributed by atoms with Crippen molar-refractivity contribution in [2.75, 3.05) is 45.9 Å². The average Bonchev–Trinajstić information content (AvgIpc) is 4.30. The smallest absolute Gasteiger partial charge is 0.545 e. The zero-order valence-electron chi connectivity index (χ0n) is 43.4. The molecule has 0 radical (unpaired) electrons. The summed E-state index contributed by atoms with van der Waals surface area (Å²) in [6.07, 6.45) is 38.6. The normalized spacial score (nSPS) is 19.5. The molecule has 8 rings (SSSR count). The minimum atomic E-state index is -0.148. The van der Waals surface area contributed by atoms with Crippen LogP contribution in [0, 0.1) is 33.6 Å². The Kier molecular flexibility index (Phi) is 56.2. The van der Waals surface area contributed by atoms with Crippen LogP contribution < -0.4 is 0 Å².